The van der Waals surface area contributed by atoms with E-state index in [1.54, 1.807) is 0 Å². The highest BCUT2D eigenvalue weighted by Crippen LogP contribution is 2.29. The number of piperidine rings is 1. The van der Waals surface area contributed by atoms with Gasteiger partial charge in [-0.2, -0.15) is 0 Å². The predicted octanol–water partition coefficient (Wildman–Crippen LogP) is 3.72. The third-order valence-electron chi connectivity index (χ3n) is 4.22. The standard InChI is InChI=1S/C16H20BrN3/c1-12(13-2-4-15(17)5-3-13)20-11-19-10-16(20)14-6-8-18-9-7-14/h2-5,10-12,14,18H,6-9H2,1H3. The fourth-order valence-corrected chi connectivity index (χ4v) is 3.24. The molecule has 3 nitrogen and oxygen atoms in total. The fraction of sp³-hybridized carbons (Fsp3) is 0.438. The van der Waals surface area contributed by atoms with Crippen molar-refractivity contribution in [2.75, 3.05) is 13.1 Å². The van der Waals surface area contributed by atoms with Crippen LogP contribution in [-0.2, 0) is 0 Å². The van der Waals surface area contributed by atoms with Crippen molar-refractivity contribution >= 4 is 15.9 Å². The van der Waals surface area contributed by atoms with Gasteiger partial charge in [-0.25, -0.2) is 4.98 Å². The molecule has 1 saturated heterocycles. The number of hydrogen-bond donors (Lipinski definition) is 1. The molecular formula is C16H20BrN3. The molecule has 1 aromatic heterocycles. The maximum absolute atomic E-state index is 4.39. The Hall–Kier alpha value is -1.13. The number of halogens is 1. The van der Waals surface area contributed by atoms with Gasteiger partial charge in [0.05, 0.1) is 12.4 Å². The molecule has 1 aliphatic rings. The summed E-state index contributed by atoms with van der Waals surface area (Å²) in [5, 5.41) is 3.43. The molecule has 1 fully saturated rings. The van der Waals surface area contributed by atoms with E-state index in [-0.39, 0.29) is 0 Å². The molecule has 0 bridgehead atoms. The minimum Gasteiger partial charge on any atom is -0.327 e. The van der Waals surface area contributed by atoms with Gasteiger partial charge < -0.3 is 9.88 Å². The summed E-state index contributed by atoms with van der Waals surface area (Å²) in [5.74, 6) is 0.636. The van der Waals surface area contributed by atoms with Gasteiger partial charge >= 0.3 is 0 Å². The second kappa shape index (κ2) is 6.10. The van der Waals surface area contributed by atoms with Crippen molar-refractivity contribution in [2.45, 2.75) is 31.7 Å². The Bertz CT molecular complexity index is 555. The average Bonchev–Trinajstić information content (AvgIpc) is 2.97. The molecule has 1 aliphatic heterocycles. The third-order valence-corrected chi connectivity index (χ3v) is 4.75. The molecule has 0 saturated carbocycles. The zero-order valence-electron chi connectivity index (χ0n) is 11.7. The lowest BCUT2D eigenvalue weighted by Crippen LogP contribution is -2.28. The molecule has 2 aromatic rings. The summed E-state index contributed by atoms with van der Waals surface area (Å²) in [6.45, 7) is 4.47. The molecule has 0 amide bonds. The van der Waals surface area contributed by atoms with Crippen LogP contribution in [-0.4, -0.2) is 22.6 Å². The van der Waals surface area contributed by atoms with E-state index < -0.39 is 0 Å². The lowest BCUT2D eigenvalue weighted by atomic mass is 9.94. The maximum atomic E-state index is 4.39. The first-order valence-electron chi connectivity index (χ1n) is 7.23. The van der Waals surface area contributed by atoms with Crippen molar-refractivity contribution in [1.82, 2.24) is 14.9 Å². The van der Waals surface area contributed by atoms with Gasteiger partial charge in [-0.1, -0.05) is 28.1 Å². The first kappa shape index (κ1) is 13.8. The van der Waals surface area contributed by atoms with Crippen LogP contribution in [0.15, 0.2) is 41.3 Å². The molecular weight excluding hydrogens is 314 g/mol. The Labute approximate surface area is 128 Å². The topological polar surface area (TPSA) is 29.9 Å². The van der Waals surface area contributed by atoms with Crippen molar-refractivity contribution in [3.8, 4) is 0 Å². The van der Waals surface area contributed by atoms with E-state index in [1.165, 1.54) is 24.1 Å². The summed E-state index contributed by atoms with van der Waals surface area (Å²) in [7, 11) is 0. The summed E-state index contributed by atoms with van der Waals surface area (Å²) in [6, 6.07) is 8.90. The molecule has 0 aliphatic carbocycles. The van der Waals surface area contributed by atoms with E-state index in [4.69, 9.17) is 0 Å². The van der Waals surface area contributed by atoms with E-state index in [2.05, 4.69) is 62.0 Å². The second-order valence-corrected chi connectivity index (χ2v) is 6.39. The third kappa shape index (κ3) is 2.81. The van der Waals surface area contributed by atoms with Crippen LogP contribution in [0.4, 0.5) is 0 Å². The molecule has 106 valence electrons. The molecule has 1 unspecified atom stereocenters. The van der Waals surface area contributed by atoms with Gasteiger partial charge in [-0.05, 0) is 50.6 Å². The molecule has 1 atom stereocenters. The quantitative estimate of drug-likeness (QED) is 0.927. The molecule has 1 N–H and O–H groups in total. The van der Waals surface area contributed by atoms with Crippen molar-refractivity contribution in [2.24, 2.45) is 0 Å². The van der Waals surface area contributed by atoms with Gasteiger partial charge in [-0.3, -0.25) is 0 Å². The van der Waals surface area contributed by atoms with Gasteiger partial charge in [0.15, 0.2) is 0 Å². The lowest BCUT2D eigenvalue weighted by Gasteiger charge is -2.26. The van der Waals surface area contributed by atoms with Crippen molar-refractivity contribution in [3.63, 3.8) is 0 Å². The number of nitrogens with zero attached hydrogens (tertiary/aromatic N) is 2. The van der Waals surface area contributed by atoms with E-state index in [9.17, 15) is 0 Å². The van der Waals surface area contributed by atoms with E-state index in [0.29, 0.717) is 12.0 Å². The zero-order valence-corrected chi connectivity index (χ0v) is 13.3. The maximum Gasteiger partial charge on any atom is 0.0953 e. The lowest BCUT2D eigenvalue weighted by molar-refractivity contribution is 0.433. The van der Waals surface area contributed by atoms with Gasteiger partial charge in [0.1, 0.15) is 0 Å². The summed E-state index contributed by atoms with van der Waals surface area (Å²) >= 11 is 3.49. The van der Waals surface area contributed by atoms with Crippen LogP contribution in [0.1, 0.15) is 43.0 Å². The summed E-state index contributed by atoms with van der Waals surface area (Å²) in [6.07, 6.45) is 6.44. The van der Waals surface area contributed by atoms with Crippen LogP contribution >= 0.6 is 15.9 Å². The van der Waals surface area contributed by atoms with Crippen LogP contribution in [0.25, 0.3) is 0 Å². The van der Waals surface area contributed by atoms with Crippen LogP contribution in [0.2, 0.25) is 0 Å². The Kier molecular flexibility index (Phi) is 4.22. The summed E-state index contributed by atoms with van der Waals surface area (Å²) < 4.78 is 3.46. The van der Waals surface area contributed by atoms with Gasteiger partial charge in [0, 0.05) is 22.3 Å². The highest BCUT2D eigenvalue weighted by molar-refractivity contribution is 9.10. The van der Waals surface area contributed by atoms with Gasteiger partial charge in [0.25, 0.3) is 0 Å². The minimum atomic E-state index is 0.329. The van der Waals surface area contributed by atoms with Crippen molar-refractivity contribution < 1.29 is 0 Å². The molecule has 0 spiro atoms. The largest absolute Gasteiger partial charge is 0.327 e. The zero-order chi connectivity index (χ0) is 13.9. The van der Waals surface area contributed by atoms with Gasteiger partial charge in [0.2, 0.25) is 0 Å². The van der Waals surface area contributed by atoms with E-state index >= 15 is 0 Å². The number of hydrogen-bond acceptors (Lipinski definition) is 2. The summed E-state index contributed by atoms with van der Waals surface area (Å²) in [4.78, 5) is 4.39. The fourth-order valence-electron chi connectivity index (χ4n) is 2.97. The SMILES string of the molecule is CC(c1ccc(Br)cc1)n1cncc1C1CCNCC1. The monoisotopic (exact) mass is 333 g/mol. The van der Waals surface area contributed by atoms with Crippen LogP contribution in [0, 0.1) is 0 Å². The average molecular weight is 334 g/mol. The molecule has 3 rings (SSSR count). The molecule has 4 heteroatoms. The number of aromatic nitrogens is 2. The minimum absolute atomic E-state index is 0.329. The smallest absolute Gasteiger partial charge is 0.0953 e. The molecule has 2 heterocycles. The number of nitrogens with one attached hydrogen (secondary N) is 1. The Morgan fingerprint density at radius 1 is 1.25 bits per heavy atom. The van der Waals surface area contributed by atoms with E-state index in [0.717, 1.165) is 17.6 Å². The number of rotatable bonds is 3. The number of benzene rings is 1. The first-order valence-corrected chi connectivity index (χ1v) is 8.03. The Morgan fingerprint density at radius 3 is 2.65 bits per heavy atom. The normalized spacial score (nSPS) is 18.1. The number of imidazole rings is 1. The van der Waals surface area contributed by atoms with Crippen LogP contribution in [0.3, 0.4) is 0 Å². The molecule has 1 aromatic carbocycles. The van der Waals surface area contributed by atoms with Gasteiger partial charge in [-0.15, -0.1) is 0 Å². The van der Waals surface area contributed by atoms with Crippen LogP contribution < -0.4 is 5.32 Å². The predicted molar refractivity (Wildman–Crippen MR) is 85.0 cm³/mol. The Balaban J connectivity index is 1.86. The molecule has 0 radical (unpaired) electrons. The first-order chi connectivity index (χ1) is 9.75. The second-order valence-electron chi connectivity index (χ2n) is 5.48. The van der Waals surface area contributed by atoms with Crippen molar-refractivity contribution in [1.29, 1.82) is 0 Å². The Morgan fingerprint density at radius 2 is 1.95 bits per heavy atom. The highest BCUT2D eigenvalue weighted by Gasteiger charge is 2.21. The molecule has 20 heavy (non-hydrogen) atoms. The van der Waals surface area contributed by atoms with E-state index in [1.807, 2.05) is 12.5 Å². The summed E-state index contributed by atoms with van der Waals surface area (Å²) in [5.41, 5.74) is 2.70. The van der Waals surface area contributed by atoms with Crippen molar-refractivity contribution in [3.05, 3.63) is 52.5 Å². The highest BCUT2D eigenvalue weighted by atomic mass is 79.9. The van der Waals surface area contributed by atoms with Crippen LogP contribution in [0.5, 0.6) is 0 Å².